The first-order valence-electron chi connectivity index (χ1n) is 4.70. The zero-order valence-corrected chi connectivity index (χ0v) is 8.71. The summed E-state index contributed by atoms with van der Waals surface area (Å²) >= 11 is 0. The van der Waals surface area contributed by atoms with Gasteiger partial charge in [-0.1, -0.05) is 17.7 Å². The molecule has 3 N–H and O–H groups in total. The SMILES string of the molecule is Cc1ccc(N(C(N)=O)c2ncn[nH]2)cc1. The number of anilines is 2. The highest BCUT2D eigenvalue weighted by molar-refractivity contribution is 5.96. The summed E-state index contributed by atoms with van der Waals surface area (Å²) in [5.74, 6) is 0.302. The number of hydrogen-bond acceptors (Lipinski definition) is 3. The van der Waals surface area contributed by atoms with Gasteiger partial charge in [0.1, 0.15) is 6.33 Å². The van der Waals surface area contributed by atoms with Gasteiger partial charge in [-0.25, -0.2) is 14.8 Å². The van der Waals surface area contributed by atoms with Crippen molar-refractivity contribution in [2.75, 3.05) is 4.90 Å². The van der Waals surface area contributed by atoms with Crippen LogP contribution in [0.25, 0.3) is 0 Å². The molecule has 0 aliphatic heterocycles. The normalized spacial score (nSPS) is 10.1. The Kier molecular flexibility index (Phi) is 2.55. The second kappa shape index (κ2) is 4.01. The number of carbonyl (C=O) groups excluding carboxylic acids is 1. The van der Waals surface area contributed by atoms with E-state index in [1.165, 1.54) is 11.2 Å². The number of aromatic nitrogens is 3. The average molecular weight is 217 g/mol. The average Bonchev–Trinajstić information content (AvgIpc) is 2.74. The largest absolute Gasteiger partial charge is 0.351 e. The van der Waals surface area contributed by atoms with E-state index in [4.69, 9.17) is 5.73 Å². The number of aromatic amines is 1. The summed E-state index contributed by atoms with van der Waals surface area (Å²) in [5, 5.41) is 6.28. The van der Waals surface area contributed by atoms with E-state index in [1.807, 2.05) is 19.1 Å². The molecule has 0 atom stereocenters. The highest BCUT2D eigenvalue weighted by Crippen LogP contribution is 2.21. The molecular formula is C10H11N5O. The summed E-state index contributed by atoms with van der Waals surface area (Å²) in [6.07, 6.45) is 1.32. The van der Waals surface area contributed by atoms with Crippen molar-refractivity contribution < 1.29 is 4.79 Å². The molecule has 0 bridgehead atoms. The molecule has 1 aromatic carbocycles. The topological polar surface area (TPSA) is 87.9 Å². The summed E-state index contributed by atoms with van der Waals surface area (Å²) in [7, 11) is 0. The summed E-state index contributed by atoms with van der Waals surface area (Å²) < 4.78 is 0. The van der Waals surface area contributed by atoms with Crippen LogP contribution in [0.1, 0.15) is 5.56 Å². The van der Waals surface area contributed by atoms with Gasteiger partial charge in [-0.2, -0.15) is 10.1 Å². The van der Waals surface area contributed by atoms with Crippen molar-refractivity contribution in [2.24, 2.45) is 5.73 Å². The van der Waals surface area contributed by atoms with Crippen LogP contribution >= 0.6 is 0 Å². The van der Waals surface area contributed by atoms with E-state index in [-0.39, 0.29) is 0 Å². The molecule has 6 nitrogen and oxygen atoms in total. The number of urea groups is 1. The zero-order valence-electron chi connectivity index (χ0n) is 8.71. The Labute approximate surface area is 92.1 Å². The number of hydrogen-bond donors (Lipinski definition) is 2. The van der Waals surface area contributed by atoms with E-state index in [9.17, 15) is 4.79 Å². The second-order valence-corrected chi connectivity index (χ2v) is 3.32. The molecule has 0 saturated carbocycles. The Morgan fingerprint density at radius 2 is 2.06 bits per heavy atom. The van der Waals surface area contributed by atoms with Crippen LogP contribution in [0.3, 0.4) is 0 Å². The molecule has 0 radical (unpaired) electrons. The van der Waals surface area contributed by atoms with Gasteiger partial charge in [-0.15, -0.1) is 0 Å². The molecule has 2 aromatic rings. The van der Waals surface area contributed by atoms with Gasteiger partial charge in [0.15, 0.2) is 0 Å². The van der Waals surface area contributed by atoms with Gasteiger partial charge < -0.3 is 5.73 Å². The quantitative estimate of drug-likeness (QED) is 0.795. The van der Waals surface area contributed by atoms with Crippen molar-refractivity contribution in [3.8, 4) is 0 Å². The molecule has 1 heterocycles. The Morgan fingerprint density at radius 3 is 2.56 bits per heavy atom. The number of nitrogens with zero attached hydrogens (tertiary/aromatic N) is 3. The first kappa shape index (κ1) is 10.2. The van der Waals surface area contributed by atoms with Gasteiger partial charge in [0.25, 0.3) is 0 Å². The molecule has 0 aliphatic rings. The van der Waals surface area contributed by atoms with Crippen LogP contribution in [0, 0.1) is 6.92 Å². The fourth-order valence-corrected chi connectivity index (χ4v) is 1.35. The van der Waals surface area contributed by atoms with Crippen LogP contribution in [0.4, 0.5) is 16.4 Å². The Hall–Kier alpha value is -2.37. The maximum atomic E-state index is 11.3. The smallest absolute Gasteiger partial charge is 0.326 e. The highest BCUT2D eigenvalue weighted by atomic mass is 16.2. The molecule has 16 heavy (non-hydrogen) atoms. The van der Waals surface area contributed by atoms with Crippen molar-refractivity contribution in [2.45, 2.75) is 6.92 Å². The first-order chi connectivity index (χ1) is 7.68. The predicted molar refractivity (Wildman–Crippen MR) is 59.3 cm³/mol. The number of primary amides is 1. The number of carbonyl (C=O) groups is 1. The zero-order chi connectivity index (χ0) is 11.5. The fourth-order valence-electron chi connectivity index (χ4n) is 1.35. The minimum Gasteiger partial charge on any atom is -0.351 e. The molecular weight excluding hydrogens is 206 g/mol. The Balaban J connectivity index is 2.41. The van der Waals surface area contributed by atoms with E-state index in [0.717, 1.165) is 5.56 Å². The molecule has 0 unspecified atom stereocenters. The summed E-state index contributed by atoms with van der Waals surface area (Å²) in [6, 6.07) is 6.76. The molecule has 2 rings (SSSR count). The molecule has 0 saturated heterocycles. The lowest BCUT2D eigenvalue weighted by molar-refractivity contribution is 0.256. The third-order valence-corrected chi connectivity index (χ3v) is 2.13. The standard InChI is InChI=1S/C10H11N5O/c1-7-2-4-8(5-3-7)15(9(11)16)10-12-6-13-14-10/h2-6H,1H3,(H2,11,16)(H,12,13,14). The predicted octanol–water partition coefficient (Wildman–Crippen LogP) is 1.33. The van der Waals surface area contributed by atoms with Gasteiger partial charge in [0.05, 0.1) is 5.69 Å². The lowest BCUT2D eigenvalue weighted by atomic mass is 10.2. The van der Waals surface area contributed by atoms with E-state index in [2.05, 4.69) is 15.2 Å². The van der Waals surface area contributed by atoms with Crippen molar-refractivity contribution in [1.82, 2.24) is 15.2 Å². The second-order valence-electron chi connectivity index (χ2n) is 3.32. The van der Waals surface area contributed by atoms with Crippen LogP contribution in [-0.2, 0) is 0 Å². The number of rotatable bonds is 2. The van der Waals surface area contributed by atoms with Crippen molar-refractivity contribution in [1.29, 1.82) is 0 Å². The van der Waals surface area contributed by atoms with Crippen LogP contribution < -0.4 is 10.6 Å². The van der Waals surface area contributed by atoms with Crippen LogP contribution in [0.2, 0.25) is 0 Å². The molecule has 0 fully saturated rings. The molecule has 6 heteroatoms. The van der Waals surface area contributed by atoms with Crippen LogP contribution in [0.15, 0.2) is 30.6 Å². The van der Waals surface area contributed by atoms with Gasteiger partial charge in [-0.3, -0.25) is 0 Å². The first-order valence-corrected chi connectivity index (χ1v) is 4.70. The molecule has 82 valence electrons. The minimum absolute atomic E-state index is 0.302. The summed E-state index contributed by atoms with van der Waals surface area (Å²) in [4.78, 5) is 16.5. The van der Waals surface area contributed by atoms with E-state index >= 15 is 0 Å². The third kappa shape index (κ3) is 1.85. The number of H-pyrrole nitrogens is 1. The number of amides is 2. The number of aryl methyl sites for hydroxylation is 1. The monoisotopic (exact) mass is 217 g/mol. The van der Waals surface area contributed by atoms with Gasteiger partial charge in [0, 0.05) is 0 Å². The minimum atomic E-state index is -0.611. The van der Waals surface area contributed by atoms with Gasteiger partial charge in [-0.05, 0) is 19.1 Å². The highest BCUT2D eigenvalue weighted by Gasteiger charge is 2.17. The Morgan fingerprint density at radius 1 is 1.38 bits per heavy atom. The van der Waals surface area contributed by atoms with Crippen molar-refractivity contribution >= 4 is 17.7 Å². The molecule has 2 amide bonds. The fraction of sp³-hybridized carbons (Fsp3) is 0.100. The van der Waals surface area contributed by atoms with Crippen molar-refractivity contribution in [3.63, 3.8) is 0 Å². The summed E-state index contributed by atoms with van der Waals surface area (Å²) in [6.45, 7) is 1.97. The number of nitrogens with one attached hydrogen (secondary N) is 1. The lowest BCUT2D eigenvalue weighted by Gasteiger charge is -2.16. The molecule has 1 aromatic heterocycles. The number of benzene rings is 1. The Bertz CT molecular complexity index is 476. The third-order valence-electron chi connectivity index (χ3n) is 2.13. The maximum absolute atomic E-state index is 11.3. The van der Waals surface area contributed by atoms with Crippen LogP contribution in [0.5, 0.6) is 0 Å². The van der Waals surface area contributed by atoms with Crippen LogP contribution in [-0.4, -0.2) is 21.2 Å². The number of nitrogens with two attached hydrogens (primary N) is 1. The van der Waals surface area contributed by atoms with Crippen molar-refractivity contribution in [3.05, 3.63) is 36.2 Å². The maximum Gasteiger partial charge on any atom is 0.326 e. The lowest BCUT2D eigenvalue weighted by Crippen LogP contribution is -2.32. The summed E-state index contributed by atoms with van der Waals surface area (Å²) in [5.41, 5.74) is 7.05. The molecule has 0 aliphatic carbocycles. The molecule has 0 spiro atoms. The van der Waals surface area contributed by atoms with E-state index in [0.29, 0.717) is 11.6 Å². The van der Waals surface area contributed by atoms with Gasteiger partial charge >= 0.3 is 6.03 Å². The van der Waals surface area contributed by atoms with E-state index < -0.39 is 6.03 Å². The van der Waals surface area contributed by atoms with E-state index in [1.54, 1.807) is 12.1 Å². The van der Waals surface area contributed by atoms with Gasteiger partial charge in [0.2, 0.25) is 5.95 Å².